The minimum Gasteiger partial charge on any atom is -0.308 e. The summed E-state index contributed by atoms with van der Waals surface area (Å²) in [6, 6.07) is 10.4. The van der Waals surface area contributed by atoms with Crippen molar-refractivity contribution in [2.45, 2.75) is 46.3 Å². The molecule has 0 fully saturated rings. The average molecular weight is 257 g/mol. The summed E-state index contributed by atoms with van der Waals surface area (Å²) < 4.78 is 2.06. The number of hydrogen-bond donors (Lipinski definition) is 1. The van der Waals surface area contributed by atoms with Gasteiger partial charge in [-0.25, -0.2) is 0 Å². The van der Waals surface area contributed by atoms with Gasteiger partial charge in [0.2, 0.25) is 0 Å². The van der Waals surface area contributed by atoms with Gasteiger partial charge in [-0.1, -0.05) is 30.3 Å². The van der Waals surface area contributed by atoms with Crippen LogP contribution in [0.3, 0.4) is 0 Å². The van der Waals surface area contributed by atoms with Crippen LogP contribution in [0, 0.1) is 6.92 Å². The second kappa shape index (κ2) is 5.57. The van der Waals surface area contributed by atoms with Crippen LogP contribution in [0.2, 0.25) is 0 Å². The van der Waals surface area contributed by atoms with Gasteiger partial charge in [-0.2, -0.15) is 5.10 Å². The lowest BCUT2D eigenvalue weighted by molar-refractivity contribution is 0.423. The summed E-state index contributed by atoms with van der Waals surface area (Å²) in [6.07, 6.45) is 1.97. The molecule has 2 aromatic rings. The van der Waals surface area contributed by atoms with Crippen molar-refractivity contribution in [1.82, 2.24) is 15.1 Å². The van der Waals surface area contributed by atoms with Crippen LogP contribution < -0.4 is 5.32 Å². The molecule has 0 aliphatic carbocycles. The van der Waals surface area contributed by atoms with E-state index in [4.69, 9.17) is 0 Å². The van der Waals surface area contributed by atoms with Crippen molar-refractivity contribution in [2.24, 2.45) is 0 Å². The van der Waals surface area contributed by atoms with Crippen molar-refractivity contribution >= 4 is 0 Å². The molecule has 0 saturated carbocycles. The molecular weight excluding hydrogens is 234 g/mol. The third-order valence-electron chi connectivity index (χ3n) is 3.19. The normalized spacial score (nSPS) is 11.8. The van der Waals surface area contributed by atoms with Crippen molar-refractivity contribution in [1.29, 1.82) is 0 Å². The molecule has 1 aromatic heterocycles. The summed E-state index contributed by atoms with van der Waals surface area (Å²) in [5.41, 5.74) is 3.92. The summed E-state index contributed by atoms with van der Waals surface area (Å²) in [6.45, 7) is 10.4. The minimum atomic E-state index is 0.133. The van der Waals surface area contributed by atoms with Gasteiger partial charge in [0.25, 0.3) is 0 Å². The molecule has 1 aromatic carbocycles. The Morgan fingerprint density at radius 2 is 1.84 bits per heavy atom. The van der Waals surface area contributed by atoms with Crippen LogP contribution in [-0.2, 0) is 13.1 Å². The maximum absolute atomic E-state index is 4.49. The Kier molecular flexibility index (Phi) is 4.05. The van der Waals surface area contributed by atoms with E-state index in [1.165, 1.54) is 16.8 Å². The van der Waals surface area contributed by atoms with Gasteiger partial charge in [-0.05, 0) is 33.3 Å². The molecule has 0 radical (unpaired) electrons. The molecule has 3 nitrogen and oxygen atoms in total. The number of hydrogen-bond acceptors (Lipinski definition) is 2. The first kappa shape index (κ1) is 13.8. The summed E-state index contributed by atoms with van der Waals surface area (Å²) >= 11 is 0. The van der Waals surface area contributed by atoms with E-state index in [1.54, 1.807) is 0 Å². The second-order valence-electron chi connectivity index (χ2n) is 6.00. The molecule has 0 aliphatic rings. The molecule has 0 amide bonds. The zero-order valence-corrected chi connectivity index (χ0v) is 12.3. The summed E-state index contributed by atoms with van der Waals surface area (Å²) in [4.78, 5) is 0. The highest BCUT2D eigenvalue weighted by molar-refractivity contribution is 5.20. The molecule has 2 rings (SSSR count). The van der Waals surface area contributed by atoms with E-state index in [-0.39, 0.29) is 5.54 Å². The molecular formula is C16H23N3. The Balaban J connectivity index is 2.06. The highest BCUT2D eigenvalue weighted by Gasteiger charge is 2.12. The SMILES string of the molecule is Cc1c(CNC(C)(C)C)cnn1Cc1ccccc1. The third-order valence-corrected chi connectivity index (χ3v) is 3.19. The average Bonchev–Trinajstić information content (AvgIpc) is 2.69. The molecule has 3 heteroatoms. The van der Waals surface area contributed by atoms with Crippen LogP contribution in [0.25, 0.3) is 0 Å². The van der Waals surface area contributed by atoms with Crippen LogP contribution in [0.5, 0.6) is 0 Å². The predicted octanol–water partition coefficient (Wildman–Crippen LogP) is 3.13. The van der Waals surface area contributed by atoms with Crippen LogP contribution in [0.4, 0.5) is 0 Å². The van der Waals surface area contributed by atoms with Crippen LogP contribution in [-0.4, -0.2) is 15.3 Å². The van der Waals surface area contributed by atoms with Crippen molar-refractivity contribution in [3.05, 3.63) is 53.3 Å². The molecule has 1 N–H and O–H groups in total. The lowest BCUT2D eigenvalue weighted by Crippen LogP contribution is -2.35. The Hall–Kier alpha value is -1.61. The predicted molar refractivity (Wildman–Crippen MR) is 79.1 cm³/mol. The first-order chi connectivity index (χ1) is 8.96. The van der Waals surface area contributed by atoms with Crippen molar-refractivity contribution in [2.75, 3.05) is 0 Å². The first-order valence-corrected chi connectivity index (χ1v) is 6.76. The first-order valence-electron chi connectivity index (χ1n) is 6.76. The monoisotopic (exact) mass is 257 g/mol. The van der Waals surface area contributed by atoms with Crippen molar-refractivity contribution in [3.63, 3.8) is 0 Å². The Labute approximate surface area is 115 Å². The standard InChI is InChI=1S/C16H23N3/c1-13-15(10-17-16(2,3)4)11-18-19(13)12-14-8-6-5-7-9-14/h5-9,11,17H,10,12H2,1-4H3. The molecule has 1 heterocycles. The fraction of sp³-hybridized carbons (Fsp3) is 0.438. The summed E-state index contributed by atoms with van der Waals surface area (Å²) in [5.74, 6) is 0. The van der Waals surface area contributed by atoms with Crippen molar-refractivity contribution in [3.8, 4) is 0 Å². The Morgan fingerprint density at radius 1 is 1.16 bits per heavy atom. The smallest absolute Gasteiger partial charge is 0.0662 e. The van der Waals surface area contributed by atoms with Crippen LogP contribution in [0.1, 0.15) is 37.6 Å². The molecule has 0 unspecified atom stereocenters. The number of aromatic nitrogens is 2. The lowest BCUT2D eigenvalue weighted by Gasteiger charge is -2.20. The van der Waals surface area contributed by atoms with E-state index in [0.717, 1.165) is 13.1 Å². The van der Waals surface area contributed by atoms with E-state index in [9.17, 15) is 0 Å². The van der Waals surface area contributed by atoms with Gasteiger partial charge in [0.05, 0.1) is 12.7 Å². The second-order valence-corrected chi connectivity index (χ2v) is 6.00. The molecule has 102 valence electrons. The topological polar surface area (TPSA) is 29.9 Å². The maximum Gasteiger partial charge on any atom is 0.0662 e. The van der Waals surface area contributed by atoms with Gasteiger partial charge in [0, 0.05) is 23.3 Å². The molecule has 0 saturated heterocycles. The third kappa shape index (κ3) is 3.93. The number of rotatable bonds is 4. The molecule has 19 heavy (non-hydrogen) atoms. The summed E-state index contributed by atoms with van der Waals surface area (Å²) in [7, 11) is 0. The van der Waals surface area contributed by atoms with Crippen LogP contribution in [0.15, 0.2) is 36.5 Å². The summed E-state index contributed by atoms with van der Waals surface area (Å²) in [5, 5.41) is 7.99. The number of nitrogens with zero attached hydrogens (tertiary/aromatic N) is 2. The van der Waals surface area contributed by atoms with Gasteiger partial charge in [-0.3, -0.25) is 4.68 Å². The van der Waals surface area contributed by atoms with Gasteiger partial charge in [0.15, 0.2) is 0 Å². The van der Waals surface area contributed by atoms with E-state index < -0.39 is 0 Å². The molecule has 0 atom stereocenters. The van der Waals surface area contributed by atoms with Gasteiger partial charge in [0.1, 0.15) is 0 Å². The van der Waals surface area contributed by atoms with E-state index in [1.807, 2.05) is 12.3 Å². The quantitative estimate of drug-likeness (QED) is 0.912. The Morgan fingerprint density at radius 3 is 2.47 bits per heavy atom. The van der Waals surface area contributed by atoms with E-state index >= 15 is 0 Å². The maximum atomic E-state index is 4.49. The fourth-order valence-corrected chi connectivity index (χ4v) is 1.93. The lowest BCUT2D eigenvalue weighted by atomic mass is 10.1. The number of nitrogens with one attached hydrogen (secondary N) is 1. The van der Waals surface area contributed by atoms with Crippen LogP contribution >= 0.6 is 0 Å². The highest BCUT2D eigenvalue weighted by Crippen LogP contribution is 2.11. The molecule has 0 aliphatic heterocycles. The Bertz CT molecular complexity index is 521. The highest BCUT2D eigenvalue weighted by atomic mass is 15.3. The van der Waals surface area contributed by atoms with E-state index in [2.05, 4.69) is 67.1 Å². The molecule has 0 bridgehead atoms. The zero-order valence-electron chi connectivity index (χ0n) is 12.3. The van der Waals surface area contributed by atoms with Gasteiger partial charge in [-0.15, -0.1) is 0 Å². The minimum absolute atomic E-state index is 0.133. The molecule has 0 spiro atoms. The zero-order chi connectivity index (χ0) is 13.9. The van der Waals surface area contributed by atoms with Crippen molar-refractivity contribution < 1.29 is 0 Å². The van der Waals surface area contributed by atoms with E-state index in [0.29, 0.717) is 0 Å². The van der Waals surface area contributed by atoms with Gasteiger partial charge >= 0.3 is 0 Å². The van der Waals surface area contributed by atoms with Gasteiger partial charge < -0.3 is 5.32 Å². The number of benzene rings is 1. The fourth-order valence-electron chi connectivity index (χ4n) is 1.93. The largest absolute Gasteiger partial charge is 0.308 e.